The largest absolute Gasteiger partial charge is 0.329 e. The van der Waals surface area contributed by atoms with Gasteiger partial charge in [0.15, 0.2) is 0 Å². The summed E-state index contributed by atoms with van der Waals surface area (Å²) in [4.78, 5) is 10.7. The fraction of sp³-hybridized carbons (Fsp3) is 0. The number of hydrogen-bond acceptors (Lipinski definition) is 15. The van der Waals surface area contributed by atoms with Gasteiger partial charge in [-0.25, -0.2) is 10.5 Å². The number of rotatable bonds is 13. The Labute approximate surface area is 239 Å². The minimum Gasteiger partial charge on any atom is -0.329 e. The molecule has 0 atom stereocenters. The molecule has 0 saturated heterocycles. The molecule has 0 radical (unpaired) electrons. The summed E-state index contributed by atoms with van der Waals surface area (Å²) >= 11 is 1.20. The van der Waals surface area contributed by atoms with Gasteiger partial charge in [-0.1, -0.05) is 16.1 Å². The molecule has 41 heavy (non-hydrogen) atoms. The summed E-state index contributed by atoms with van der Waals surface area (Å²) < 4.78 is 42.4. The number of hydrogen-bond donors (Lipinski definition) is 4. The van der Waals surface area contributed by atoms with E-state index in [0.29, 0.717) is 63.2 Å². The van der Waals surface area contributed by atoms with E-state index in [4.69, 9.17) is 10.5 Å². The van der Waals surface area contributed by atoms with Gasteiger partial charge in [0.25, 0.3) is 10.1 Å². The summed E-state index contributed by atoms with van der Waals surface area (Å²) in [6.07, 6.45) is 0.563. The molecule has 0 aromatic heterocycles. The molecule has 0 spiro atoms. The maximum Gasteiger partial charge on any atom is 0.296 e. The Morgan fingerprint density at radius 1 is 0.707 bits per heavy atom. The van der Waals surface area contributed by atoms with E-state index in [0.717, 1.165) is 6.07 Å². The molecule has 0 saturated carbocycles. The Hall–Kier alpha value is -3.82. The molecule has 0 heterocycles. The number of benzene rings is 4. The maximum atomic E-state index is 12.0. The van der Waals surface area contributed by atoms with Crippen LogP contribution in [0.5, 0.6) is 0 Å². The van der Waals surface area contributed by atoms with Crippen molar-refractivity contribution in [1.82, 2.24) is 0 Å². The SMILES string of the molecule is O=CNc1ccc(N=Nc2ccc(N=Nc3ccc(SOOO)cc3S(=O)(=O)O)c3cc(SOOO)ccc23)cc1. The van der Waals surface area contributed by atoms with Crippen molar-refractivity contribution in [1.29, 1.82) is 0 Å². The van der Waals surface area contributed by atoms with Crippen molar-refractivity contribution in [2.45, 2.75) is 14.7 Å². The Morgan fingerprint density at radius 3 is 1.90 bits per heavy atom. The van der Waals surface area contributed by atoms with Crippen molar-refractivity contribution in [3.8, 4) is 0 Å². The van der Waals surface area contributed by atoms with Crippen LogP contribution in [0.25, 0.3) is 10.8 Å². The Morgan fingerprint density at radius 2 is 1.27 bits per heavy atom. The molecule has 4 rings (SSSR count). The van der Waals surface area contributed by atoms with Gasteiger partial charge in [0.05, 0.1) is 41.1 Å². The first kappa shape index (κ1) is 30.1. The molecule has 18 heteroatoms. The molecule has 0 fully saturated rings. The van der Waals surface area contributed by atoms with Gasteiger partial charge in [-0.2, -0.15) is 13.5 Å². The van der Waals surface area contributed by atoms with Crippen LogP contribution < -0.4 is 5.32 Å². The summed E-state index contributed by atoms with van der Waals surface area (Å²) in [5, 5.41) is 44.3. The lowest BCUT2D eigenvalue weighted by Gasteiger charge is -2.08. The molecule has 0 aliphatic rings. The number of carbonyl (C=O) groups is 1. The van der Waals surface area contributed by atoms with Gasteiger partial charge in [-0.15, -0.1) is 24.0 Å². The van der Waals surface area contributed by atoms with E-state index < -0.39 is 15.0 Å². The van der Waals surface area contributed by atoms with Gasteiger partial charge in [0.2, 0.25) is 6.41 Å². The highest BCUT2D eigenvalue weighted by atomic mass is 32.2. The Bertz CT molecular complexity index is 1700. The number of nitrogens with zero attached hydrogens (tertiary/aromatic N) is 4. The second-order valence-corrected chi connectivity index (χ2v) is 10.5. The van der Waals surface area contributed by atoms with E-state index in [1.54, 1.807) is 54.6 Å². The van der Waals surface area contributed by atoms with E-state index in [-0.39, 0.29) is 16.3 Å². The molecular weight excluding hydrogens is 602 g/mol. The van der Waals surface area contributed by atoms with Gasteiger partial charge in [0.1, 0.15) is 10.6 Å². The fourth-order valence-corrected chi connectivity index (χ4v) is 4.90. The summed E-state index contributed by atoms with van der Waals surface area (Å²) in [5.41, 5.74) is 1.67. The molecule has 15 nitrogen and oxygen atoms in total. The quantitative estimate of drug-likeness (QED) is 0.0289. The van der Waals surface area contributed by atoms with Crippen molar-refractivity contribution in [3.63, 3.8) is 0 Å². The van der Waals surface area contributed by atoms with Gasteiger partial charge < -0.3 is 5.32 Å². The fourth-order valence-electron chi connectivity index (χ4n) is 3.38. The zero-order valence-electron chi connectivity index (χ0n) is 20.2. The predicted molar refractivity (Wildman–Crippen MR) is 146 cm³/mol. The van der Waals surface area contributed by atoms with Crippen LogP contribution in [-0.2, 0) is 33.7 Å². The number of carbonyl (C=O) groups excluding carboxylic acids is 1. The average Bonchev–Trinajstić information content (AvgIpc) is 2.97. The maximum absolute atomic E-state index is 12.0. The van der Waals surface area contributed by atoms with Crippen LogP contribution in [-0.4, -0.2) is 29.9 Å². The molecule has 212 valence electrons. The zero-order valence-corrected chi connectivity index (χ0v) is 22.7. The summed E-state index contributed by atoms with van der Waals surface area (Å²) in [6, 6.07) is 18.6. The lowest BCUT2D eigenvalue weighted by molar-refractivity contribution is -0.432. The predicted octanol–water partition coefficient (Wildman–Crippen LogP) is 7.34. The summed E-state index contributed by atoms with van der Waals surface area (Å²) in [5.74, 6) is 0. The van der Waals surface area contributed by atoms with Gasteiger partial charge in [0, 0.05) is 26.3 Å². The van der Waals surface area contributed by atoms with Crippen LogP contribution in [0.3, 0.4) is 0 Å². The molecule has 0 aliphatic carbocycles. The number of azo groups is 2. The van der Waals surface area contributed by atoms with Gasteiger partial charge in [-0.05, 0) is 66.7 Å². The molecule has 4 aromatic carbocycles. The van der Waals surface area contributed by atoms with Crippen LogP contribution in [0.2, 0.25) is 0 Å². The van der Waals surface area contributed by atoms with Crippen LogP contribution in [0.4, 0.5) is 28.4 Å². The van der Waals surface area contributed by atoms with Crippen molar-refractivity contribution >= 4 is 79.8 Å². The van der Waals surface area contributed by atoms with Crippen LogP contribution in [0.15, 0.2) is 108 Å². The monoisotopic (exact) mass is 619 g/mol. The van der Waals surface area contributed by atoms with Gasteiger partial charge >= 0.3 is 0 Å². The summed E-state index contributed by atoms with van der Waals surface area (Å²) in [7, 11) is -4.72. The highest BCUT2D eigenvalue weighted by Crippen LogP contribution is 2.39. The molecule has 1 amide bonds. The third kappa shape index (κ3) is 8.11. The van der Waals surface area contributed by atoms with Crippen LogP contribution in [0, 0.1) is 0 Å². The Kier molecular flexibility index (Phi) is 10.4. The number of nitrogens with one attached hydrogen (secondary N) is 1. The van der Waals surface area contributed by atoms with Gasteiger partial charge in [-0.3, -0.25) is 9.35 Å². The number of fused-ring (bicyclic) bond motifs is 1. The van der Waals surface area contributed by atoms with Crippen molar-refractivity contribution in [2.24, 2.45) is 20.5 Å². The minimum absolute atomic E-state index is 0.174. The zero-order chi connectivity index (χ0) is 29.2. The number of anilines is 1. The van der Waals surface area contributed by atoms with Crippen LogP contribution in [0.1, 0.15) is 0 Å². The molecule has 0 aliphatic heterocycles. The average molecular weight is 620 g/mol. The molecule has 0 unspecified atom stereocenters. The van der Waals surface area contributed by atoms with Crippen molar-refractivity contribution < 1.29 is 47.0 Å². The molecule has 0 bridgehead atoms. The standard InChI is InChI=1S/C23H17N5O10S3/c29-13-24-14-1-3-15(4-2-14)25-26-20-9-10-21(19-11-16(39-37-35-30)5-7-18(19)20)27-28-22-8-6-17(40-38-36-31)12-23(22)41(32,33)34/h1-13,30-31H,(H,24,29)(H,32,33,34). The first-order valence-corrected chi connectivity index (χ1v) is 13.9. The van der Waals surface area contributed by atoms with E-state index in [1.165, 1.54) is 12.1 Å². The minimum atomic E-state index is -4.72. The highest BCUT2D eigenvalue weighted by Gasteiger charge is 2.18. The lowest BCUT2D eigenvalue weighted by atomic mass is 10.1. The van der Waals surface area contributed by atoms with E-state index >= 15 is 0 Å². The normalized spacial score (nSPS) is 12.0. The Balaban J connectivity index is 1.73. The smallest absolute Gasteiger partial charge is 0.296 e. The number of amides is 1. The third-order valence-corrected chi connectivity index (χ3v) is 7.14. The first-order chi connectivity index (χ1) is 19.8. The topological polar surface area (TPSA) is 210 Å². The van der Waals surface area contributed by atoms with E-state index in [1.807, 2.05) is 0 Å². The van der Waals surface area contributed by atoms with Crippen molar-refractivity contribution in [2.75, 3.05) is 5.32 Å². The third-order valence-electron chi connectivity index (χ3n) is 5.10. The summed E-state index contributed by atoms with van der Waals surface area (Å²) in [6.45, 7) is 0. The van der Waals surface area contributed by atoms with E-state index in [2.05, 4.69) is 44.5 Å². The second-order valence-electron chi connectivity index (χ2n) is 7.58. The lowest BCUT2D eigenvalue weighted by Crippen LogP contribution is -1.98. The van der Waals surface area contributed by atoms with E-state index in [9.17, 15) is 17.8 Å². The first-order valence-electron chi connectivity index (χ1n) is 10.9. The van der Waals surface area contributed by atoms with Crippen molar-refractivity contribution in [3.05, 3.63) is 72.8 Å². The highest BCUT2D eigenvalue weighted by molar-refractivity contribution is 7.94. The molecular formula is C23H17N5O10S3. The second kappa shape index (κ2) is 14.2. The molecule has 4 aromatic rings. The van der Waals surface area contributed by atoms with Crippen LogP contribution >= 0.6 is 24.1 Å². The molecule has 4 N–H and O–H groups in total.